The molecule has 0 spiro atoms. The molecule has 0 saturated carbocycles. The van der Waals surface area contributed by atoms with Crippen molar-refractivity contribution >= 4 is 29.1 Å². The Labute approximate surface area is 104 Å². The molecular formula is C10H11Cl2NO3. The molecule has 0 radical (unpaired) electrons. The zero-order valence-corrected chi connectivity index (χ0v) is 10.4. The third-order valence-corrected chi connectivity index (χ3v) is 2.26. The number of nitrogens with zero attached hydrogens (tertiary/aromatic N) is 1. The van der Waals surface area contributed by atoms with Crippen molar-refractivity contribution in [3.63, 3.8) is 0 Å². The van der Waals surface area contributed by atoms with E-state index in [0.717, 1.165) is 5.06 Å². The normalized spacial score (nSPS) is 10.0. The number of amides is 1. The lowest BCUT2D eigenvalue weighted by Crippen LogP contribution is -2.30. The molecule has 0 atom stereocenters. The second-order valence-electron chi connectivity index (χ2n) is 2.97. The standard InChI is InChI=1S/C10H11Cl2NO3/c1-13(15-2)10(14)6-16-9-4-7(11)3-8(12)5-9/h3-5H,6H2,1-2H3. The van der Waals surface area contributed by atoms with Crippen molar-refractivity contribution in [2.75, 3.05) is 20.8 Å². The van der Waals surface area contributed by atoms with Crippen LogP contribution in [-0.4, -0.2) is 31.7 Å². The molecule has 0 aliphatic heterocycles. The van der Waals surface area contributed by atoms with Gasteiger partial charge in [0.25, 0.3) is 5.91 Å². The summed E-state index contributed by atoms with van der Waals surface area (Å²) in [4.78, 5) is 16.0. The van der Waals surface area contributed by atoms with E-state index in [1.54, 1.807) is 18.2 Å². The highest BCUT2D eigenvalue weighted by molar-refractivity contribution is 6.34. The number of halogens is 2. The van der Waals surface area contributed by atoms with Crippen LogP contribution in [0, 0.1) is 0 Å². The van der Waals surface area contributed by atoms with Gasteiger partial charge < -0.3 is 4.74 Å². The van der Waals surface area contributed by atoms with Crippen LogP contribution in [0.4, 0.5) is 0 Å². The van der Waals surface area contributed by atoms with Crippen LogP contribution in [-0.2, 0) is 9.63 Å². The molecule has 0 aromatic heterocycles. The number of rotatable bonds is 4. The van der Waals surface area contributed by atoms with E-state index >= 15 is 0 Å². The second kappa shape index (κ2) is 5.94. The van der Waals surface area contributed by atoms with E-state index in [9.17, 15) is 4.79 Å². The Hall–Kier alpha value is -0.970. The van der Waals surface area contributed by atoms with Crippen LogP contribution in [0.5, 0.6) is 5.75 Å². The smallest absolute Gasteiger partial charge is 0.283 e. The molecule has 1 aromatic rings. The summed E-state index contributed by atoms with van der Waals surface area (Å²) < 4.78 is 5.21. The predicted molar refractivity (Wildman–Crippen MR) is 61.7 cm³/mol. The van der Waals surface area contributed by atoms with Crippen LogP contribution >= 0.6 is 23.2 Å². The Morgan fingerprint density at radius 1 is 1.31 bits per heavy atom. The maximum atomic E-state index is 11.3. The lowest BCUT2D eigenvalue weighted by atomic mass is 10.3. The first-order valence-electron chi connectivity index (χ1n) is 4.42. The lowest BCUT2D eigenvalue weighted by molar-refractivity contribution is -0.170. The Morgan fingerprint density at radius 3 is 2.38 bits per heavy atom. The number of hydrogen-bond donors (Lipinski definition) is 0. The van der Waals surface area contributed by atoms with Crippen molar-refractivity contribution in [2.45, 2.75) is 0 Å². The summed E-state index contributed by atoms with van der Waals surface area (Å²) in [7, 11) is 2.89. The van der Waals surface area contributed by atoms with Gasteiger partial charge in [0.1, 0.15) is 5.75 Å². The van der Waals surface area contributed by atoms with Gasteiger partial charge in [-0.3, -0.25) is 9.63 Å². The fourth-order valence-corrected chi connectivity index (χ4v) is 1.46. The number of hydrogen-bond acceptors (Lipinski definition) is 3. The molecule has 0 fully saturated rings. The monoisotopic (exact) mass is 263 g/mol. The summed E-state index contributed by atoms with van der Waals surface area (Å²) >= 11 is 11.5. The number of benzene rings is 1. The molecule has 0 heterocycles. The van der Waals surface area contributed by atoms with Gasteiger partial charge in [0.05, 0.1) is 7.11 Å². The van der Waals surface area contributed by atoms with Crippen molar-refractivity contribution in [3.8, 4) is 5.75 Å². The largest absolute Gasteiger partial charge is 0.484 e. The maximum Gasteiger partial charge on any atom is 0.283 e. The van der Waals surface area contributed by atoms with Crippen LogP contribution in [0.3, 0.4) is 0 Å². The first kappa shape index (κ1) is 13.1. The van der Waals surface area contributed by atoms with Crippen LogP contribution in [0.25, 0.3) is 0 Å². The third-order valence-electron chi connectivity index (χ3n) is 1.82. The van der Waals surface area contributed by atoms with E-state index in [1.165, 1.54) is 14.2 Å². The summed E-state index contributed by atoms with van der Waals surface area (Å²) in [6.07, 6.45) is 0. The van der Waals surface area contributed by atoms with Gasteiger partial charge >= 0.3 is 0 Å². The molecule has 1 amide bonds. The Bertz CT molecular complexity index is 364. The average Bonchev–Trinajstić information content (AvgIpc) is 2.23. The molecule has 0 unspecified atom stereocenters. The first-order chi connectivity index (χ1) is 7.52. The first-order valence-corrected chi connectivity index (χ1v) is 5.18. The minimum Gasteiger partial charge on any atom is -0.484 e. The van der Waals surface area contributed by atoms with Crippen LogP contribution in [0.1, 0.15) is 0 Å². The van der Waals surface area contributed by atoms with Gasteiger partial charge in [0.15, 0.2) is 6.61 Å². The fraction of sp³-hybridized carbons (Fsp3) is 0.300. The maximum absolute atomic E-state index is 11.3. The molecule has 6 heteroatoms. The van der Waals surface area contributed by atoms with E-state index in [4.69, 9.17) is 32.8 Å². The molecule has 0 aliphatic carbocycles. The molecule has 1 aromatic carbocycles. The van der Waals surface area contributed by atoms with Gasteiger partial charge in [0, 0.05) is 17.1 Å². The van der Waals surface area contributed by atoms with Crippen molar-refractivity contribution < 1.29 is 14.4 Å². The van der Waals surface area contributed by atoms with Crippen molar-refractivity contribution in [2.24, 2.45) is 0 Å². The van der Waals surface area contributed by atoms with Crippen molar-refractivity contribution in [3.05, 3.63) is 28.2 Å². The molecule has 88 valence electrons. The molecule has 0 aliphatic rings. The Kier molecular flexibility index (Phi) is 4.86. The number of carbonyl (C=O) groups is 1. The van der Waals surface area contributed by atoms with Crippen molar-refractivity contribution in [1.82, 2.24) is 5.06 Å². The van der Waals surface area contributed by atoms with Crippen LogP contribution in [0.15, 0.2) is 18.2 Å². The minimum absolute atomic E-state index is 0.138. The van der Waals surface area contributed by atoms with Crippen LogP contribution in [0.2, 0.25) is 10.0 Å². The van der Waals surface area contributed by atoms with E-state index in [-0.39, 0.29) is 12.5 Å². The Balaban J connectivity index is 2.58. The van der Waals surface area contributed by atoms with E-state index in [1.807, 2.05) is 0 Å². The second-order valence-corrected chi connectivity index (χ2v) is 3.84. The SMILES string of the molecule is CON(C)C(=O)COc1cc(Cl)cc(Cl)c1. The highest BCUT2D eigenvalue weighted by Crippen LogP contribution is 2.24. The summed E-state index contributed by atoms with van der Waals surface area (Å²) in [5.74, 6) is 0.133. The predicted octanol–water partition coefficient (Wildman–Crippen LogP) is 2.39. The molecule has 0 bridgehead atoms. The van der Waals surface area contributed by atoms with E-state index in [0.29, 0.717) is 15.8 Å². The molecular weight excluding hydrogens is 253 g/mol. The number of carbonyl (C=O) groups excluding carboxylic acids is 1. The molecule has 1 rings (SSSR count). The molecule has 4 nitrogen and oxygen atoms in total. The summed E-state index contributed by atoms with van der Waals surface area (Å²) in [5, 5.41) is 1.98. The molecule has 16 heavy (non-hydrogen) atoms. The van der Waals surface area contributed by atoms with Crippen LogP contribution < -0.4 is 4.74 Å². The third kappa shape index (κ3) is 3.89. The van der Waals surface area contributed by atoms with E-state index in [2.05, 4.69) is 0 Å². The Morgan fingerprint density at radius 2 is 1.88 bits per heavy atom. The number of likely N-dealkylation sites (N-methyl/N-ethyl adjacent to an activating group) is 1. The summed E-state index contributed by atoms with van der Waals surface area (Å²) in [6, 6.07) is 4.74. The van der Waals surface area contributed by atoms with Gasteiger partial charge in [-0.25, -0.2) is 5.06 Å². The minimum atomic E-state index is -0.307. The van der Waals surface area contributed by atoms with Gasteiger partial charge in [-0.05, 0) is 18.2 Å². The number of ether oxygens (including phenoxy) is 1. The topological polar surface area (TPSA) is 38.8 Å². The summed E-state index contributed by atoms with van der Waals surface area (Å²) in [6.45, 7) is -0.138. The highest BCUT2D eigenvalue weighted by Gasteiger charge is 2.09. The lowest BCUT2D eigenvalue weighted by Gasteiger charge is -2.14. The van der Waals surface area contributed by atoms with Crippen molar-refractivity contribution in [1.29, 1.82) is 0 Å². The zero-order chi connectivity index (χ0) is 12.1. The van der Waals surface area contributed by atoms with Gasteiger partial charge in [-0.15, -0.1) is 0 Å². The van der Waals surface area contributed by atoms with Gasteiger partial charge in [-0.1, -0.05) is 23.2 Å². The van der Waals surface area contributed by atoms with E-state index < -0.39 is 0 Å². The van der Waals surface area contributed by atoms with Gasteiger partial charge in [-0.2, -0.15) is 0 Å². The molecule has 0 saturated heterocycles. The summed E-state index contributed by atoms with van der Waals surface area (Å²) in [5.41, 5.74) is 0. The highest BCUT2D eigenvalue weighted by atomic mass is 35.5. The quantitative estimate of drug-likeness (QED) is 0.784. The van der Waals surface area contributed by atoms with Gasteiger partial charge in [0.2, 0.25) is 0 Å². The zero-order valence-electron chi connectivity index (χ0n) is 8.87. The average molecular weight is 264 g/mol. The number of hydroxylamine groups is 2. The fourth-order valence-electron chi connectivity index (χ4n) is 0.950. The molecule has 0 N–H and O–H groups in total.